The van der Waals surface area contributed by atoms with Crippen molar-refractivity contribution >= 4 is 15.9 Å². The normalized spacial score (nSPS) is 42.8. The summed E-state index contributed by atoms with van der Waals surface area (Å²) in [6.07, 6.45) is 10.7. The molecule has 2 aliphatic rings. The van der Waals surface area contributed by atoms with E-state index in [1.54, 1.807) is 0 Å². The molecule has 88 valence electrons. The van der Waals surface area contributed by atoms with Crippen LogP contribution in [-0.2, 0) is 4.74 Å². The summed E-state index contributed by atoms with van der Waals surface area (Å²) < 4.78 is 6.20. The molecule has 1 saturated carbocycles. The van der Waals surface area contributed by atoms with Crippen molar-refractivity contribution < 1.29 is 4.74 Å². The molecule has 4 unspecified atom stereocenters. The molecular weight excluding hydrogens is 252 g/mol. The van der Waals surface area contributed by atoms with Gasteiger partial charge in [-0.05, 0) is 37.5 Å². The zero-order valence-electron chi connectivity index (χ0n) is 9.75. The topological polar surface area (TPSA) is 9.23 Å². The van der Waals surface area contributed by atoms with Gasteiger partial charge in [0.15, 0.2) is 0 Å². The Bertz CT molecular complexity index is 195. The predicted molar refractivity (Wildman–Crippen MR) is 67.4 cm³/mol. The van der Waals surface area contributed by atoms with Gasteiger partial charge >= 0.3 is 0 Å². The van der Waals surface area contributed by atoms with Gasteiger partial charge in [-0.1, -0.05) is 42.1 Å². The van der Waals surface area contributed by atoms with Crippen LogP contribution in [0.1, 0.15) is 51.9 Å². The first-order chi connectivity index (χ1) is 7.31. The summed E-state index contributed by atoms with van der Waals surface area (Å²) in [4.78, 5) is 0. The summed E-state index contributed by atoms with van der Waals surface area (Å²) in [5.74, 6) is 1.73. The average Bonchev–Trinajstić information content (AvgIpc) is 2.30. The van der Waals surface area contributed by atoms with Gasteiger partial charge in [0.25, 0.3) is 0 Å². The van der Waals surface area contributed by atoms with E-state index in [9.17, 15) is 0 Å². The molecule has 1 saturated heterocycles. The summed E-state index contributed by atoms with van der Waals surface area (Å²) in [5, 5.41) is 1.02. The van der Waals surface area contributed by atoms with E-state index >= 15 is 0 Å². The summed E-state index contributed by atoms with van der Waals surface area (Å²) in [5.41, 5.74) is 0. The van der Waals surface area contributed by atoms with Crippen molar-refractivity contribution in [3.63, 3.8) is 0 Å². The molecule has 15 heavy (non-hydrogen) atoms. The number of rotatable bonds is 2. The molecule has 0 N–H and O–H groups in total. The van der Waals surface area contributed by atoms with Crippen molar-refractivity contribution in [2.24, 2.45) is 11.8 Å². The van der Waals surface area contributed by atoms with Crippen molar-refractivity contribution in [3.05, 3.63) is 0 Å². The molecule has 2 rings (SSSR count). The Labute approximate surface area is 102 Å². The van der Waals surface area contributed by atoms with Crippen LogP contribution in [-0.4, -0.2) is 17.5 Å². The fourth-order valence-corrected chi connectivity index (χ4v) is 3.73. The first-order valence-electron chi connectivity index (χ1n) is 6.52. The Morgan fingerprint density at radius 2 is 1.87 bits per heavy atom. The van der Waals surface area contributed by atoms with Crippen molar-refractivity contribution in [1.82, 2.24) is 0 Å². The summed E-state index contributed by atoms with van der Waals surface area (Å²) in [6, 6.07) is 0. The largest absolute Gasteiger partial charge is 0.374 e. The molecule has 0 radical (unpaired) electrons. The lowest BCUT2D eigenvalue weighted by Gasteiger charge is -2.39. The fraction of sp³-hybridized carbons (Fsp3) is 1.00. The standard InChI is InChI=1S/C13H23BrO/c1-10-5-2-3-7-12(10)13-8-4-6-11(9-14)15-13/h10-13H,2-9H2,1H3. The lowest BCUT2D eigenvalue weighted by atomic mass is 9.75. The molecule has 0 spiro atoms. The lowest BCUT2D eigenvalue weighted by Crippen LogP contribution is -2.38. The highest BCUT2D eigenvalue weighted by atomic mass is 79.9. The van der Waals surface area contributed by atoms with Gasteiger partial charge in [0, 0.05) is 5.33 Å². The van der Waals surface area contributed by atoms with Crippen molar-refractivity contribution in [1.29, 1.82) is 0 Å². The second kappa shape index (κ2) is 5.67. The van der Waals surface area contributed by atoms with Crippen LogP contribution >= 0.6 is 15.9 Å². The lowest BCUT2D eigenvalue weighted by molar-refractivity contribution is -0.0843. The maximum Gasteiger partial charge on any atom is 0.0675 e. The summed E-state index contributed by atoms with van der Waals surface area (Å²) in [7, 11) is 0. The Morgan fingerprint density at radius 1 is 1.07 bits per heavy atom. The van der Waals surface area contributed by atoms with E-state index < -0.39 is 0 Å². The molecule has 2 fully saturated rings. The van der Waals surface area contributed by atoms with Gasteiger partial charge in [-0.15, -0.1) is 0 Å². The molecule has 0 aromatic heterocycles. The smallest absolute Gasteiger partial charge is 0.0675 e. The number of alkyl halides is 1. The van der Waals surface area contributed by atoms with E-state index in [1.807, 2.05) is 0 Å². The van der Waals surface area contributed by atoms with E-state index in [4.69, 9.17) is 4.74 Å². The molecule has 1 aliphatic heterocycles. The Hall–Kier alpha value is 0.440. The summed E-state index contributed by atoms with van der Waals surface area (Å²) in [6.45, 7) is 2.42. The number of halogens is 1. The highest BCUT2D eigenvalue weighted by Crippen LogP contribution is 2.37. The van der Waals surface area contributed by atoms with E-state index in [0.717, 1.165) is 17.2 Å². The molecule has 1 heterocycles. The van der Waals surface area contributed by atoms with Crippen LogP contribution in [0.2, 0.25) is 0 Å². The van der Waals surface area contributed by atoms with E-state index in [-0.39, 0.29) is 0 Å². The minimum atomic E-state index is 0.484. The molecule has 0 aromatic rings. The second-order valence-corrected chi connectivity index (χ2v) is 5.95. The van der Waals surface area contributed by atoms with Crippen LogP contribution in [0.3, 0.4) is 0 Å². The SMILES string of the molecule is CC1CCCCC1C1CCCC(CBr)O1. The highest BCUT2D eigenvalue weighted by Gasteiger charge is 2.33. The minimum absolute atomic E-state index is 0.484. The molecule has 0 bridgehead atoms. The van der Waals surface area contributed by atoms with Gasteiger partial charge in [0.05, 0.1) is 12.2 Å². The van der Waals surface area contributed by atoms with Crippen LogP contribution < -0.4 is 0 Å². The monoisotopic (exact) mass is 274 g/mol. The van der Waals surface area contributed by atoms with Crippen LogP contribution in [0.25, 0.3) is 0 Å². The number of hydrogen-bond acceptors (Lipinski definition) is 1. The van der Waals surface area contributed by atoms with Crippen molar-refractivity contribution in [3.8, 4) is 0 Å². The molecular formula is C13H23BrO. The molecule has 1 nitrogen and oxygen atoms in total. The summed E-state index contributed by atoms with van der Waals surface area (Å²) >= 11 is 3.55. The first-order valence-corrected chi connectivity index (χ1v) is 7.65. The molecule has 4 atom stereocenters. The van der Waals surface area contributed by atoms with Gasteiger partial charge in [0.1, 0.15) is 0 Å². The third-order valence-electron chi connectivity index (χ3n) is 4.21. The van der Waals surface area contributed by atoms with E-state index in [0.29, 0.717) is 12.2 Å². The molecule has 0 amide bonds. The third kappa shape index (κ3) is 2.97. The maximum absolute atomic E-state index is 6.20. The highest BCUT2D eigenvalue weighted by molar-refractivity contribution is 9.09. The minimum Gasteiger partial charge on any atom is -0.374 e. The van der Waals surface area contributed by atoms with E-state index in [1.165, 1.54) is 44.9 Å². The zero-order valence-corrected chi connectivity index (χ0v) is 11.3. The van der Waals surface area contributed by atoms with Gasteiger partial charge in [-0.25, -0.2) is 0 Å². The van der Waals surface area contributed by atoms with Crippen molar-refractivity contribution in [2.75, 3.05) is 5.33 Å². The van der Waals surface area contributed by atoms with Gasteiger partial charge in [-0.2, -0.15) is 0 Å². The van der Waals surface area contributed by atoms with Crippen LogP contribution in [0.4, 0.5) is 0 Å². The first kappa shape index (κ1) is 11.9. The van der Waals surface area contributed by atoms with Gasteiger partial charge < -0.3 is 4.74 Å². The predicted octanol–water partition coefficient (Wildman–Crippen LogP) is 4.15. The average molecular weight is 275 g/mol. The van der Waals surface area contributed by atoms with Gasteiger partial charge in [0.2, 0.25) is 0 Å². The maximum atomic E-state index is 6.20. The van der Waals surface area contributed by atoms with E-state index in [2.05, 4.69) is 22.9 Å². The molecule has 1 aliphatic carbocycles. The van der Waals surface area contributed by atoms with Crippen LogP contribution in [0.15, 0.2) is 0 Å². The second-order valence-electron chi connectivity index (χ2n) is 5.31. The molecule has 0 aromatic carbocycles. The van der Waals surface area contributed by atoms with Gasteiger partial charge in [-0.3, -0.25) is 0 Å². The molecule has 2 heteroatoms. The Kier molecular flexibility index (Phi) is 4.51. The number of hydrogen-bond donors (Lipinski definition) is 0. The third-order valence-corrected chi connectivity index (χ3v) is 4.93. The number of ether oxygens (including phenoxy) is 1. The van der Waals surface area contributed by atoms with Crippen LogP contribution in [0, 0.1) is 11.8 Å². The van der Waals surface area contributed by atoms with Crippen LogP contribution in [0.5, 0.6) is 0 Å². The Morgan fingerprint density at radius 3 is 2.60 bits per heavy atom. The fourth-order valence-electron chi connectivity index (χ4n) is 3.26. The quantitative estimate of drug-likeness (QED) is 0.688. The Balaban J connectivity index is 1.90. The van der Waals surface area contributed by atoms with Crippen molar-refractivity contribution in [2.45, 2.75) is 64.1 Å². The zero-order chi connectivity index (χ0) is 10.7.